The van der Waals surface area contributed by atoms with Gasteiger partial charge in [0.1, 0.15) is 0 Å². The fourth-order valence-electron chi connectivity index (χ4n) is 0.851. The fraction of sp³-hybridized carbons (Fsp3) is 0.429. The number of hydrogen-bond acceptors (Lipinski definition) is 2. The van der Waals surface area contributed by atoms with E-state index < -0.39 is 0 Å². The van der Waals surface area contributed by atoms with Crippen molar-refractivity contribution < 1.29 is 0 Å². The molecule has 0 aliphatic heterocycles. The number of aryl methyl sites for hydroxylation is 1. The van der Waals surface area contributed by atoms with Crippen LogP contribution < -0.4 is 5.62 Å². The van der Waals surface area contributed by atoms with Gasteiger partial charge in [-0.05, 0) is 13.8 Å². The Kier molecular flexibility index (Phi) is 2.00. The predicted octanol–water partition coefficient (Wildman–Crippen LogP) is 1.17. The number of halogens is 1. The summed E-state index contributed by atoms with van der Waals surface area (Å²) in [5.74, 6) is 0. The van der Waals surface area contributed by atoms with Gasteiger partial charge in [0, 0.05) is 12.7 Å². The summed E-state index contributed by atoms with van der Waals surface area (Å²) >= 11 is 5.89. The Bertz CT molecular complexity index is 340. The van der Waals surface area contributed by atoms with Gasteiger partial charge < -0.3 is 4.57 Å². The molecule has 1 heterocycles. The highest BCUT2D eigenvalue weighted by atomic mass is 35.5. The number of nitrogens with zero attached hydrogens (tertiary/aromatic N) is 2. The Morgan fingerprint density at radius 2 is 2.00 bits per heavy atom. The standard InChI is InChI=1S/C7H10ClN3/c1-4-6(8)5(2)11(3)7(9)10-4/h9H,1-3H3. The number of hydrogen-bond donors (Lipinski definition) is 1. The quantitative estimate of drug-likeness (QED) is 0.626. The molecule has 0 amide bonds. The molecule has 0 fully saturated rings. The average molecular weight is 172 g/mol. The third-order valence-corrected chi connectivity index (χ3v) is 2.28. The van der Waals surface area contributed by atoms with Crippen LogP contribution in [0.15, 0.2) is 0 Å². The molecule has 1 aromatic heterocycles. The highest BCUT2D eigenvalue weighted by Crippen LogP contribution is 2.14. The predicted molar refractivity (Wildman–Crippen MR) is 43.5 cm³/mol. The highest BCUT2D eigenvalue weighted by molar-refractivity contribution is 6.31. The van der Waals surface area contributed by atoms with Crippen LogP contribution in [0.5, 0.6) is 0 Å². The van der Waals surface area contributed by atoms with Crippen LogP contribution in [0.1, 0.15) is 11.4 Å². The highest BCUT2D eigenvalue weighted by Gasteiger charge is 2.03. The maximum Gasteiger partial charge on any atom is 0.222 e. The Hall–Kier alpha value is -0.830. The van der Waals surface area contributed by atoms with E-state index >= 15 is 0 Å². The van der Waals surface area contributed by atoms with Crippen LogP contribution in [0.3, 0.4) is 0 Å². The molecule has 1 N–H and O–H groups in total. The maximum absolute atomic E-state index is 7.39. The second-order valence-electron chi connectivity index (χ2n) is 2.48. The van der Waals surface area contributed by atoms with Gasteiger partial charge in [0.25, 0.3) is 0 Å². The zero-order valence-corrected chi connectivity index (χ0v) is 7.53. The van der Waals surface area contributed by atoms with Crippen molar-refractivity contribution in [1.82, 2.24) is 9.55 Å². The van der Waals surface area contributed by atoms with Crippen molar-refractivity contribution >= 4 is 11.6 Å². The smallest absolute Gasteiger partial charge is 0.222 e. The average Bonchev–Trinajstić information content (AvgIpc) is 1.97. The molecule has 0 aliphatic carbocycles. The molecular formula is C7H10ClN3. The first-order valence-corrected chi connectivity index (χ1v) is 3.66. The van der Waals surface area contributed by atoms with Crippen LogP contribution in [-0.2, 0) is 7.05 Å². The molecule has 1 rings (SSSR count). The van der Waals surface area contributed by atoms with E-state index in [-0.39, 0.29) is 5.62 Å². The lowest BCUT2D eigenvalue weighted by Gasteiger charge is -2.06. The van der Waals surface area contributed by atoms with E-state index in [0.29, 0.717) is 10.7 Å². The van der Waals surface area contributed by atoms with E-state index in [2.05, 4.69) is 4.98 Å². The third kappa shape index (κ3) is 1.28. The van der Waals surface area contributed by atoms with Gasteiger partial charge in [-0.3, -0.25) is 5.41 Å². The second-order valence-corrected chi connectivity index (χ2v) is 2.86. The summed E-state index contributed by atoms with van der Waals surface area (Å²) in [6.07, 6.45) is 0. The fourth-order valence-corrected chi connectivity index (χ4v) is 1.02. The van der Waals surface area contributed by atoms with E-state index in [1.54, 1.807) is 18.5 Å². The molecule has 0 saturated heterocycles. The third-order valence-electron chi connectivity index (χ3n) is 1.73. The topological polar surface area (TPSA) is 41.7 Å². The number of nitrogens with one attached hydrogen (secondary N) is 1. The summed E-state index contributed by atoms with van der Waals surface area (Å²) in [7, 11) is 1.77. The van der Waals surface area contributed by atoms with Crippen molar-refractivity contribution in [3.8, 4) is 0 Å². The molecule has 0 atom stereocenters. The van der Waals surface area contributed by atoms with Gasteiger partial charge in [-0.2, -0.15) is 0 Å². The van der Waals surface area contributed by atoms with Gasteiger partial charge in [0.2, 0.25) is 5.62 Å². The first-order chi connectivity index (χ1) is 5.04. The molecular weight excluding hydrogens is 162 g/mol. The van der Waals surface area contributed by atoms with E-state index in [1.807, 2.05) is 6.92 Å². The molecule has 0 radical (unpaired) electrons. The number of aromatic nitrogens is 2. The lowest BCUT2D eigenvalue weighted by molar-refractivity contribution is 0.725. The lowest BCUT2D eigenvalue weighted by atomic mass is 10.3. The largest absolute Gasteiger partial charge is 0.317 e. The summed E-state index contributed by atoms with van der Waals surface area (Å²) in [5.41, 5.74) is 1.83. The molecule has 0 aromatic carbocycles. The zero-order chi connectivity index (χ0) is 8.59. The van der Waals surface area contributed by atoms with Gasteiger partial charge in [0.05, 0.1) is 10.7 Å². The lowest BCUT2D eigenvalue weighted by Crippen LogP contribution is -2.23. The van der Waals surface area contributed by atoms with E-state index in [4.69, 9.17) is 17.0 Å². The molecule has 3 nitrogen and oxygen atoms in total. The Labute approximate surface area is 70.2 Å². The van der Waals surface area contributed by atoms with Gasteiger partial charge in [-0.1, -0.05) is 11.6 Å². The van der Waals surface area contributed by atoms with Crippen LogP contribution in [-0.4, -0.2) is 9.55 Å². The molecule has 60 valence electrons. The van der Waals surface area contributed by atoms with Crippen LogP contribution in [0.2, 0.25) is 5.02 Å². The molecule has 0 saturated carbocycles. The van der Waals surface area contributed by atoms with E-state index in [1.165, 1.54) is 0 Å². The Morgan fingerprint density at radius 1 is 1.45 bits per heavy atom. The monoisotopic (exact) mass is 171 g/mol. The summed E-state index contributed by atoms with van der Waals surface area (Å²) < 4.78 is 1.65. The minimum atomic E-state index is 0.240. The molecule has 11 heavy (non-hydrogen) atoms. The van der Waals surface area contributed by atoms with Crippen molar-refractivity contribution in [2.24, 2.45) is 7.05 Å². The minimum Gasteiger partial charge on any atom is -0.317 e. The first kappa shape index (κ1) is 8.27. The van der Waals surface area contributed by atoms with Crippen molar-refractivity contribution in [2.75, 3.05) is 0 Å². The minimum absolute atomic E-state index is 0.240. The normalized spacial score (nSPS) is 10.2. The molecule has 4 heteroatoms. The molecule has 0 aliphatic rings. The van der Waals surface area contributed by atoms with Crippen molar-refractivity contribution in [1.29, 1.82) is 5.41 Å². The Balaban J connectivity index is 3.59. The molecule has 0 unspecified atom stereocenters. The molecule has 0 spiro atoms. The van der Waals surface area contributed by atoms with Crippen LogP contribution in [0.4, 0.5) is 0 Å². The van der Waals surface area contributed by atoms with Crippen LogP contribution in [0, 0.1) is 19.3 Å². The van der Waals surface area contributed by atoms with E-state index in [0.717, 1.165) is 5.69 Å². The second kappa shape index (κ2) is 2.66. The molecule has 0 bridgehead atoms. The van der Waals surface area contributed by atoms with Gasteiger partial charge >= 0.3 is 0 Å². The van der Waals surface area contributed by atoms with Gasteiger partial charge in [-0.25, -0.2) is 4.98 Å². The van der Waals surface area contributed by atoms with E-state index in [9.17, 15) is 0 Å². The Morgan fingerprint density at radius 3 is 2.55 bits per heavy atom. The summed E-state index contributed by atoms with van der Waals surface area (Å²) in [5, 5.41) is 8.03. The summed E-state index contributed by atoms with van der Waals surface area (Å²) in [6, 6.07) is 0. The van der Waals surface area contributed by atoms with Crippen molar-refractivity contribution in [3.63, 3.8) is 0 Å². The molecule has 1 aromatic rings. The van der Waals surface area contributed by atoms with Crippen LogP contribution >= 0.6 is 11.6 Å². The number of rotatable bonds is 0. The van der Waals surface area contributed by atoms with Crippen molar-refractivity contribution in [3.05, 3.63) is 22.0 Å². The van der Waals surface area contributed by atoms with Crippen LogP contribution in [0.25, 0.3) is 0 Å². The zero-order valence-electron chi connectivity index (χ0n) is 6.77. The summed E-state index contributed by atoms with van der Waals surface area (Å²) in [4.78, 5) is 3.93. The van der Waals surface area contributed by atoms with Crippen molar-refractivity contribution in [2.45, 2.75) is 13.8 Å². The van der Waals surface area contributed by atoms with Gasteiger partial charge in [-0.15, -0.1) is 0 Å². The first-order valence-electron chi connectivity index (χ1n) is 3.28. The SMILES string of the molecule is Cc1nc(=N)n(C)c(C)c1Cl. The van der Waals surface area contributed by atoms with Gasteiger partial charge in [0.15, 0.2) is 0 Å². The summed E-state index contributed by atoms with van der Waals surface area (Å²) in [6.45, 7) is 3.67. The maximum atomic E-state index is 7.39.